The van der Waals surface area contributed by atoms with Crippen molar-refractivity contribution in [1.29, 1.82) is 0 Å². The number of sulfone groups is 1. The van der Waals surface area contributed by atoms with Crippen LogP contribution in [0.2, 0.25) is 10.0 Å². The van der Waals surface area contributed by atoms with Crippen molar-refractivity contribution in [1.82, 2.24) is 0 Å². The van der Waals surface area contributed by atoms with Crippen molar-refractivity contribution >= 4 is 50.7 Å². The first-order valence-electron chi connectivity index (χ1n) is 6.50. The van der Waals surface area contributed by atoms with Crippen LogP contribution < -0.4 is 5.32 Å². The Morgan fingerprint density at radius 1 is 1.09 bits per heavy atom. The zero-order chi connectivity index (χ0) is 17.0. The van der Waals surface area contributed by atoms with Gasteiger partial charge in [-0.05, 0) is 42.0 Å². The maximum Gasteiger partial charge on any atom is 0.248 e. The summed E-state index contributed by atoms with van der Waals surface area (Å²) in [6, 6.07) is 11.1. The number of carbonyl (C=O) groups excluding carboxylic acids is 1. The minimum atomic E-state index is -3.38. The zero-order valence-corrected chi connectivity index (χ0v) is 14.4. The molecule has 0 heterocycles. The van der Waals surface area contributed by atoms with Gasteiger partial charge in [0.2, 0.25) is 5.91 Å². The second kappa shape index (κ2) is 7.17. The number of anilines is 1. The average Bonchev–Trinajstić information content (AvgIpc) is 2.48. The highest BCUT2D eigenvalue weighted by Gasteiger charge is 2.11. The van der Waals surface area contributed by atoms with Crippen molar-refractivity contribution in [3.63, 3.8) is 0 Å². The number of nitrogens with one attached hydrogen (secondary N) is 1. The summed E-state index contributed by atoms with van der Waals surface area (Å²) >= 11 is 11.8. The lowest BCUT2D eigenvalue weighted by molar-refractivity contribution is -0.111. The Bertz CT molecular complexity index is 859. The molecule has 23 heavy (non-hydrogen) atoms. The highest BCUT2D eigenvalue weighted by atomic mass is 35.5. The lowest BCUT2D eigenvalue weighted by atomic mass is 10.2. The maximum atomic E-state index is 11.9. The summed E-state index contributed by atoms with van der Waals surface area (Å²) in [5.74, 6) is -0.424. The number of benzene rings is 2. The molecule has 7 heteroatoms. The van der Waals surface area contributed by atoms with Crippen LogP contribution in [0.1, 0.15) is 5.56 Å². The number of rotatable bonds is 4. The third-order valence-electron chi connectivity index (χ3n) is 2.92. The minimum absolute atomic E-state index is 0.0823. The molecule has 0 unspecified atom stereocenters. The smallest absolute Gasteiger partial charge is 0.248 e. The molecule has 120 valence electrons. The Hall–Kier alpha value is -1.82. The van der Waals surface area contributed by atoms with Crippen molar-refractivity contribution in [3.8, 4) is 0 Å². The second-order valence-electron chi connectivity index (χ2n) is 4.79. The molecule has 0 aliphatic carbocycles. The lowest BCUT2D eigenvalue weighted by Crippen LogP contribution is -2.09. The van der Waals surface area contributed by atoms with E-state index in [0.717, 1.165) is 11.8 Å². The summed E-state index contributed by atoms with van der Waals surface area (Å²) in [6.07, 6.45) is 4.02. The van der Waals surface area contributed by atoms with Gasteiger partial charge in [-0.1, -0.05) is 35.3 Å². The molecule has 0 aromatic heterocycles. The molecule has 1 amide bonds. The maximum absolute atomic E-state index is 11.9. The molecule has 0 aliphatic heterocycles. The quantitative estimate of drug-likeness (QED) is 0.826. The van der Waals surface area contributed by atoms with E-state index in [2.05, 4.69) is 5.32 Å². The van der Waals surface area contributed by atoms with E-state index in [9.17, 15) is 13.2 Å². The molecule has 0 saturated carbocycles. The van der Waals surface area contributed by atoms with Crippen LogP contribution in [0.25, 0.3) is 6.08 Å². The fourth-order valence-corrected chi connectivity index (χ4v) is 2.69. The van der Waals surface area contributed by atoms with E-state index in [1.807, 2.05) is 0 Å². The SMILES string of the molecule is CS(=O)(=O)c1ccc(Cl)c(NC(=O)/C=C/c2ccc(Cl)cc2)c1. The first-order chi connectivity index (χ1) is 10.8. The van der Waals surface area contributed by atoms with E-state index in [1.54, 1.807) is 30.3 Å². The van der Waals surface area contributed by atoms with Gasteiger partial charge in [0.05, 0.1) is 15.6 Å². The summed E-state index contributed by atoms with van der Waals surface area (Å²) < 4.78 is 23.1. The van der Waals surface area contributed by atoms with Crippen molar-refractivity contribution in [2.45, 2.75) is 4.90 Å². The molecule has 4 nitrogen and oxygen atoms in total. The van der Waals surface area contributed by atoms with E-state index in [-0.39, 0.29) is 15.6 Å². The van der Waals surface area contributed by atoms with Gasteiger partial charge in [0.25, 0.3) is 0 Å². The van der Waals surface area contributed by atoms with Crippen LogP contribution in [0, 0.1) is 0 Å². The second-order valence-corrected chi connectivity index (χ2v) is 7.65. The standard InChI is InChI=1S/C16H13Cl2NO3S/c1-23(21,22)13-7-8-14(18)15(10-13)19-16(20)9-4-11-2-5-12(17)6-3-11/h2-10H,1H3,(H,19,20)/b9-4+. The van der Waals surface area contributed by atoms with E-state index >= 15 is 0 Å². The van der Waals surface area contributed by atoms with Gasteiger partial charge in [-0.25, -0.2) is 8.42 Å². The summed E-state index contributed by atoms with van der Waals surface area (Å²) in [4.78, 5) is 12.0. The molecule has 0 aliphatic rings. The highest BCUT2D eigenvalue weighted by molar-refractivity contribution is 7.90. The van der Waals surface area contributed by atoms with Crippen molar-refractivity contribution < 1.29 is 13.2 Å². The largest absolute Gasteiger partial charge is 0.321 e. The van der Waals surface area contributed by atoms with Gasteiger partial charge < -0.3 is 5.32 Å². The molecular weight excluding hydrogens is 357 g/mol. The molecule has 0 saturated heterocycles. The Morgan fingerprint density at radius 2 is 1.74 bits per heavy atom. The van der Waals surface area contributed by atoms with Crippen LogP contribution >= 0.6 is 23.2 Å². The van der Waals surface area contributed by atoms with Gasteiger partial charge in [-0.3, -0.25) is 4.79 Å². The van der Waals surface area contributed by atoms with Crippen LogP contribution in [-0.2, 0) is 14.6 Å². The van der Waals surface area contributed by atoms with Crippen LogP contribution in [0.4, 0.5) is 5.69 Å². The number of carbonyl (C=O) groups is 1. The lowest BCUT2D eigenvalue weighted by Gasteiger charge is -2.07. The van der Waals surface area contributed by atoms with Crippen molar-refractivity contribution in [3.05, 3.63) is 64.1 Å². The fourth-order valence-electron chi connectivity index (χ4n) is 1.75. The molecule has 0 spiro atoms. The van der Waals surface area contributed by atoms with Gasteiger partial charge in [-0.2, -0.15) is 0 Å². The summed E-state index contributed by atoms with van der Waals surface area (Å²) in [6.45, 7) is 0. The Labute approximate surface area is 144 Å². The summed E-state index contributed by atoms with van der Waals surface area (Å²) in [7, 11) is -3.38. The topological polar surface area (TPSA) is 63.2 Å². The number of amides is 1. The van der Waals surface area contributed by atoms with Crippen LogP contribution in [0.15, 0.2) is 53.4 Å². The van der Waals surface area contributed by atoms with Gasteiger partial charge in [0.1, 0.15) is 0 Å². The zero-order valence-electron chi connectivity index (χ0n) is 12.1. The van der Waals surface area contributed by atoms with E-state index in [0.29, 0.717) is 5.02 Å². The van der Waals surface area contributed by atoms with Gasteiger partial charge >= 0.3 is 0 Å². The van der Waals surface area contributed by atoms with Crippen molar-refractivity contribution in [2.75, 3.05) is 11.6 Å². The van der Waals surface area contributed by atoms with Crippen molar-refractivity contribution in [2.24, 2.45) is 0 Å². The predicted octanol–water partition coefficient (Wildman–Crippen LogP) is 4.05. The molecule has 2 aromatic carbocycles. The summed E-state index contributed by atoms with van der Waals surface area (Å²) in [5, 5.41) is 3.42. The van der Waals surface area contributed by atoms with Crippen LogP contribution in [0.5, 0.6) is 0 Å². The average molecular weight is 370 g/mol. The van der Waals surface area contributed by atoms with Gasteiger partial charge in [0, 0.05) is 17.4 Å². The van der Waals surface area contributed by atoms with E-state index in [1.165, 1.54) is 24.3 Å². The van der Waals surface area contributed by atoms with E-state index in [4.69, 9.17) is 23.2 Å². The first-order valence-corrected chi connectivity index (χ1v) is 9.15. The Kier molecular flexibility index (Phi) is 5.46. The number of hydrogen-bond donors (Lipinski definition) is 1. The van der Waals surface area contributed by atoms with E-state index < -0.39 is 15.7 Å². The molecule has 2 aromatic rings. The molecule has 0 atom stereocenters. The third kappa shape index (κ3) is 5.10. The molecule has 0 fully saturated rings. The normalized spacial score (nSPS) is 11.6. The Balaban J connectivity index is 2.15. The molecule has 2 rings (SSSR count). The van der Waals surface area contributed by atoms with Gasteiger partial charge in [-0.15, -0.1) is 0 Å². The molecular formula is C16H13Cl2NO3S. The van der Waals surface area contributed by atoms with Gasteiger partial charge in [0.15, 0.2) is 9.84 Å². The Morgan fingerprint density at radius 3 is 2.35 bits per heavy atom. The van der Waals surface area contributed by atoms with Crippen LogP contribution in [-0.4, -0.2) is 20.6 Å². The third-order valence-corrected chi connectivity index (χ3v) is 4.61. The fraction of sp³-hybridized carbons (Fsp3) is 0.0625. The molecule has 0 bridgehead atoms. The molecule has 1 N–H and O–H groups in total. The highest BCUT2D eigenvalue weighted by Crippen LogP contribution is 2.25. The summed E-state index contributed by atoms with van der Waals surface area (Å²) in [5.41, 5.74) is 1.04. The number of halogens is 2. The monoisotopic (exact) mass is 369 g/mol. The molecule has 0 radical (unpaired) electrons. The predicted molar refractivity (Wildman–Crippen MR) is 93.7 cm³/mol. The first kappa shape index (κ1) is 17.5. The van der Waals surface area contributed by atoms with Crippen LogP contribution in [0.3, 0.4) is 0 Å². The number of hydrogen-bond acceptors (Lipinski definition) is 3. The minimum Gasteiger partial charge on any atom is -0.321 e.